The zero-order chi connectivity index (χ0) is 13.7. The Hall–Kier alpha value is -2.61. The first-order valence-electron chi connectivity index (χ1n) is 5.87. The summed E-state index contributed by atoms with van der Waals surface area (Å²) in [7, 11) is 0. The third-order valence-electron chi connectivity index (χ3n) is 2.54. The molecular weight excluding hydrogens is 242 g/mol. The number of carbonyl (C=O) groups excluding carboxylic acids is 1. The molecule has 1 heterocycles. The maximum atomic E-state index is 11.9. The van der Waals surface area contributed by atoms with E-state index in [1.54, 1.807) is 42.2 Å². The number of benzene rings is 1. The molecule has 1 unspecified atom stereocenters. The molecule has 19 heavy (non-hydrogen) atoms. The Labute approximate surface area is 111 Å². The Balaban J connectivity index is 1.98. The summed E-state index contributed by atoms with van der Waals surface area (Å²) >= 11 is 0. The number of rotatable bonds is 4. The predicted octanol–water partition coefficient (Wildman–Crippen LogP) is 2.00. The molecule has 0 aliphatic heterocycles. The van der Waals surface area contributed by atoms with Crippen LogP contribution in [0.15, 0.2) is 42.7 Å². The third kappa shape index (κ3) is 3.42. The molecular formula is C14H13N3O2. The van der Waals surface area contributed by atoms with Gasteiger partial charge in [0.2, 0.25) is 0 Å². The third-order valence-corrected chi connectivity index (χ3v) is 2.54. The average Bonchev–Trinajstić information content (AvgIpc) is 2.91. The average molecular weight is 255 g/mol. The van der Waals surface area contributed by atoms with Gasteiger partial charge in [-0.15, -0.1) is 0 Å². The van der Waals surface area contributed by atoms with Crippen LogP contribution in [0, 0.1) is 11.3 Å². The number of carbonyl (C=O) groups is 1. The standard InChI is InChI=1S/C14H13N3O2/c1-11(10-17-7-3-6-16-17)19-14(18)13-5-2-4-12(8-13)9-15/h2-8,11H,10H2,1H3. The lowest BCUT2D eigenvalue weighted by molar-refractivity contribution is 0.0299. The van der Waals surface area contributed by atoms with Gasteiger partial charge in [-0.1, -0.05) is 6.07 Å². The molecule has 0 aliphatic carbocycles. The molecule has 1 atom stereocenters. The van der Waals surface area contributed by atoms with Crippen LogP contribution in [-0.4, -0.2) is 21.9 Å². The summed E-state index contributed by atoms with van der Waals surface area (Å²) in [6, 6.07) is 10.2. The minimum absolute atomic E-state index is 0.293. The zero-order valence-corrected chi connectivity index (χ0v) is 10.5. The van der Waals surface area contributed by atoms with Crippen LogP contribution in [0.3, 0.4) is 0 Å². The summed E-state index contributed by atoms with van der Waals surface area (Å²) in [6.45, 7) is 2.30. The Morgan fingerprint density at radius 2 is 2.37 bits per heavy atom. The zero-order valence-electron chi connectivity index (χ0n) is 10.5. The van der Waals surface area contributed by atoms with E-state index in [4.69, 9.17) is 10.00 Å². The van der Waals surface area contributed by atoms with Gasteiger partial charge in [0.05, 0.1) is 23.7 Å². The van der Waals surface area contributed by atoms with Crippen molar-refractivity contribution in [3.05, 3.63) is 53.9 Å². The molecule has 0 amide bonds. The van der Waals surface area contributed by atoms with Crippen molar-refractivity contribution in [2.45, 2.75) is 19.6 Å². The molecule has 1 aromatic carbocycles. The van der Waals surface area contributed by atoms with E-state index in [1.165, 1.54) is 6.07 Å². The molecule has 5 heteroatoms. The number of esters is 1. The van der Waals surface area contributed by atoms with E-state index >= 15 is 0 Å². The second-order valence-corrected chi connectivity index (χ2v) is 4.14. The first-order chi connectivity index (χ1) is 9.19. The fraction of sp³-hybridized carbons (Fsp3) is 0.214. The van der Waals surface area contributed by atoms with Crippen LogP contribution in [0.1, 0.15) is 22.8 Å². The van der Waals surface area contributed by atoms with Gasteiger partial charge in [-0.05, 0) is 31.2 Å². The highest BCUT2D eigenvalue weighted by Gasteiger charge is 2.13. The lowest BCUT2D eigenvalue weighted by atomic mass is 10.1. The number of aromatic nitrogens is 2. The first-order valence-corrected chi connectivity index (χ1v) is 5.87. The van der Waals surface area contributed by atoms with Crippen molar-refractivity contribution >= 4 is 5.97 Å². The highest BCUT2D eigenvalue weighted by Crippen LogP contribution is 2.08. The number of nitrogens with zero attached hydrogens (tertiary/aromatic N) is 3. The SMILES string of the molecule is CC(Cn1cccn1)OC(=O)c1cccc(C#N)c1. The Morgan fingerprint density at radius 1 is 1.53 bits per heavy atom. The summed E-state index contributed by atoms with van der Waals surface area (Å²) in [5, 5.41) is 12.8. The second kappa shape index (κ2) is 5.83. The van der Waals surface area contributed by atoms with E-state index < -0.39 is 5.97 Å². The first kappa shape index (κ1) is 12.8. The lowest BCUT2D eigenvalue weighted by Gasteiger charge is -2.13. The molecule has 0 aliphatic rings. The Kier molecular flexibility index (Phi) is 3.94. The molecule has 2 aromatic rings. The van der Waals surface area contributed by atoms with Crippen LogP contribution in [0.5, 0.6) is 0 Å². The molecule has 96 valence electrons. The Bertz CT molecular complexity index is 599. The van der Waals surface area contributed by atoms with Gasteiger partial charge in [0.1, 0.15) is 6.10 Å². The molecule has 5 nitrogen and oxygen atoms in total. The van der Waals surface area contributed by atoms with Crippen molar-refractivity contribution in [1.29, 1.82) is 5.26 Å². The van der Waals surface area contributed by atoms with Crippen LogP contribution in [0.25, 0.3) is 0 Å². The van der Waals surface area contributed by atoms with Gasteiger partial charge >= 0.3 is 5.97 Å². The normalized spacial score (nSPS) is 11.6. The maximum absolute atomic E-state index is 11.9. The van der Waals surface area contributed by atoms with Crippen molar-refractivity contribution in [1.82, 2.24) is 9.78 Å². The van der Waals surface area contributed by atoms with Crippen LogP contribution in [0.4, 0.5) is 0 Å². The topological polar surface area (TPSA) is 67.9 Å². The van der Waals surface area contributed by atoms with E-state index in [-0.39, 0.29) is 6.10 Å². The van der Waals surface area contributed by atoms with Gasteiger partial charge in [-0.2, -0.15) is 10.4 Å². The van der Waals surface area contributed by atoms with Gasteiger partial charge in [0, 0.05) is 12.4 Å². The van der Waals surface area contributed by atoms with Crippen molar-refractivity contribution in [2.75, 3.05) is 0 Å². The number of hydrogen-bond acceptors (Lipinski definition) is 4. The fourth-order valence-corrected chi connectivity index (χ4v) is 1.68. The second-order valence-electron chi connectivity index (χ2n) is 4.14. The molecule has 0 radical (unpaired) electrons. The van der Waals surface area contributed by atoms with E-state index in [1.807, 2.05) is 12.1 Å². The summed E-state index contributed by atoms with van der Waals surface area (Å²) in [5.41, 5.74) is 0.820. The highest BCUT2D eigenvalue weighted by molar-refractivity contribution is 5.89. The molecule has 0 saturated carbocycles. The van der Waals surface area contributed by atoms with Crippen molar-refractivity contribution in [3.63, 3.8) is 0 Å². The van der Waals surface area contributed by atoms with Crippen LogP contribution in [0.2, 0.25) is 0 Å². The summed E-state index contributed by atoms with van der Waals surface area (Å²) < 4.78 is 7.00. The summed E-state index contributed by atoms with van der Waals surface area (Å²) in [5.74, 6) is -0.434. The van der Waals surface area contributed by atoms with E-state index in [0.717, 1.165) is 0 Å². The largest absolute Gasteiger partial charge is 0.457 e. The molecule has 0 N–H and O–H groups in total. The number of hydrogen-bond donors (Lipinski definition) is 0. The maximum Gasteiger partial charge on any atom is 0.338 e. The molecule has 2 rings (SSSR count). The van der Waals surface area contributed by atoms with Crippen LogP contribution < -0.4 is 0 Å². The monoisotopic (exact) mass is 255 g/mol. The molecule has 1 aromatic heterocycles. The predicted molar refractivity (Wildman–Crippen MR) is 68.3 cm³/mol. The summed E-state index contributed by atoms with van der Waals surface area (Å²) in [4.78, 5) is 11.9. The van der Waals surface area contributed by atoms with E-state index in [9.17, 15) is 4.79 Å². The fourth-order valence-electron chi connectivity index (χ4n) is 1.68. The molecule has 0 spiro atoms. The van der Waals surface area contributed by atoms with Crippen LogP contribution in [-0.2, 0) is 11.3 Å². The van der Waals surface area contributed by atoms with Gasteiger partial charge in [0.15, 0.2) is 0 Å². The minimum Gasteiger partial charge on any atom is -0.457 e. The molecule has 0 fully saturated rings. The minimum atomic E-state index is -0.434. The van der Waals surface area contributed by atoms with E-state index in [0.29, 0.717) is 17.7 Å². The van der Waals surface area contributed by atoms with Crippen LogP contribution >= 0.6 is 0 Å². The summed E-state index contributed by atoms with van der Waals surface area (Å²) in [6.07, 6.45) is 3.18. The molecule has 0 bridgehead atoms. The van der Waals surface area contributed by atoms with Gasteiger partial charge in [-0.3, -0.25) is 4.68 Å². The van der Waals surface area contributed by atoms with E-state index in [2.05, 4.69) is 5.10 Å². The number of nitriles is 1. The van der Waals surface area contributed by atoms with Gasteiger partial charge in [0.25, 0.3) is 0 Å². The van der Waals surface area contributed by atoms with Crippen molar-refractivity contribution in [2.24, 2.45) is 0 Å². The van der Waals surface area contributed by atoms with Gasteiger partial charge < -0.3 is 4.74 Å². The lowest BCUT2D eigenvalue weighted by Crippen LogP contribution is -2.21. The smallest absolute Gasteiger partial charge is 0.338 e. The quantitative estimate of drug-likeness (QED) is 0.783. The Morgan fingerprint density at radius 3 is 3.05 bits per heavy atom. The highest BCUT2D eigenvalue weighted by atomic mass is 16.5. The van der Waals surface area contributed by atoms with Gasteiger partial charge in [-0.25, -0.2) is 4.79 Å². The van der Waals surface area contributed by atoms with Crippen molar-refractivity contribution in [3.8, 4) is 6.07 Å². The molecule has 0 saturated heterocycles. The number of ether oxygens (including phenoxy) is 1. The van der Waals surface area contributed by atoms with Crippen molar-refractivity contribution < 1.29 is 9.53 Å².